The molecule has 148 valence electrons. The zero-order valence-corrected chi connectivity index (χ0v) is 15.5. The van der Waals surface area contributed by atoms with E-state index in [1.807, 2.05) is 0 Å². The molecule has 9 nitrogen and oxygen atoms in total. The van der Waals surface area contributed by atoms with Crippen LogP contribution >= 0.6 is 0 Å². The van der Waals surface area contributed by atoms with Gasteiger partial charge in [0, 0.05) is 12.1 Å². The zero-order valence-electron chi connectivity index (χ0n) is 15.5. The Bertz CT molecular complexity index is 658. The van der Waals surface area contributed by atoms with Crippen molar-refractivity contribution in [2.24, 2.45) is 5.92 Å². The Morgan fingerprint density at radius 3 is 2.26 bits per heavy atom. The van der Waals surface area contributed by atoms with E-state index in [9.17, 15) is 24.0 Å². The van der Waals surface area contributed by atoms with Crippen LogP contribution in [0.4, 0.5) is 9.59 Å². The van der Waals surface area contributed by atoms with E-state index in [0.29, 0.717) is 23.7 Å². The number of nitrogens with zero attached hydrogens (tertiary/aromatic N) is 2. The van der Waals surface area contributed by atoms with Gasteiger partial charge in [-0.1, -0.05) is 32.6 Å². The van der Waals surface area contributed by atoms with E-state index in [0.717, 1.165) is 43.4 Å². The fourth-order valence-electron chi connectivity index (χ4n) is 4.19. The highest BCUT2D eigenvalue weighted by Crippen LogP contribution is 2.27. The van der Waals surface area contributed by atoms with Crippen molar-refractivity contribution in [3.8, 4) is 0 Å². The van der Waals surface area contributed by atoms with Crippen LogP contribution in [0, 0.1) is 5.92 Å². The van der Waals surface area contributed by atoms with Crippen molar-refractivity contribution >= 4 is 29.8 Å². The van der Waals surface area contributed by atoms with Crippen molar-refractivity contribution < 1.29 is 24.0 Å². The number of nitrogens with one attached hydrogen (secondary N) is 2. The topological polar surface area (TPSA) is 116 Å². The molecule has 27 heavy (non-hydrogen) atoms. The number of amides is 7. The first-order chi connectivity index (χ1) is 12.9. The first-order valence-electron chi connectivity index (χ1n) is 9.68. The van der Waals surface area contributed by atoms with Crippen LogP contribution in [-0.2, 0) is 14.4 Å². The number of carbonyl (C=O) groups is 5. The highest BCUT2D eigenvalue weighted by Gasteiger charge is 2.48. The number of hydrogen-bond acceptors (Lipinski definition) is 5. The molecule has 3 fully saturated rings. The minimum atomic E-state index is -1.01. The molecular weight excluding hydrogens is 352 g/mol. The number of carbonyl (C=O) groups excluding carboxylic acids is 5. The average molecular weight is 378 g/mol. The number of rotatable bonds is 4. The molecule has 0 aromatic rings. The van der Waals surface area contributed by atoms with Gasteiger partial charge >= 0.3 is 23.9 Å². The predicted octanol–water partition coefficient (Wildman–Crippen LogP) is 1.12. The molecule has 1 heterocycles. The van der Waals surface area contributed by atoms with Gasteiger partial charge in [0.05, 0.1) is 0 Å². The molecule has 3 rings (SSSR count). The summed E-state index contributed by atoms with van der Waals surface area (Å²) in [7, 11) is 0. The van der Waals surface area contributed by atoms with E-state index in [2.05, 4.69) is 17.6 Å². The SMILES string of the molecule is C[C@H]1CCCC[C@@H]1NC(=O)NC(=O)CN1C(=O)C(=O)N(C2CCCC2)C1=O. The first kappa shape index (κ1) is 19.3. The number of urea groups is 2. The summed E-state index contributed by atoms with van der Waals surface area (Å²) in [6, 6.07) is -1.69. The van der Waals surface area contributed by atoms with Gasteiger partial charge in [0.1, 0.15) is 6.54 Å². The standard InChI is InChI=1S/C18H26N4O5/c1-11-6-2-5-9-13(11)19-17(26)20-14(23)10-21-15(24)16(25)22(18(21)27)12-7-3-4-8-12/h11-13H,2-10H2,1H3,(H2,19,20,23,26)/t11-,13-/m0/s1. The molecule has 0 aromatic heterocycles. The summed E-state index contributed by atoms with van der Waals surface area (Å²) in [5.74, 6) is -2.36. The summed E-state index contributed by atoms with van der Waals surface area (Å²) in [4.78, 5) is 62.4. The molecule has 1 saturated heterocycles. The van der Waals surface area contributed by atoms with Crippen LogP contribution in [0.2, 0.25) is 0 Å². The summed E-state index contributed by atoms with van der Waals surface area (Å²) in [5, 5.41) is 4.92. The second-order valence-electron chi connectivity index (χ2n) is 7.68. The largest absolute Gasteiger partial charge is 0.335 e. The fourth-order valence-corrected chi connectivity index (χ4v) is 4.19. The normalized spacial score (nSPS) is 26.6. The molecule has 7 amide bonds. The van der Waals surface area contributed by atoms with Crippen LogP contribution in [-0.4, -0.2) is 58.2 Å². The predicted molar refractivity (Wildman–Crippen MR) is 94.3 cm³/mol. The van der Waals surface area contributed by atoms with Crippen molar-refractivity contribution in [3.63, 3.8) is 0 Å². The Labute approximate surface area is 157 Å². The summed E-state index contributed by atoms with van der Waals surface area (Å²) in [6.07, 6.45) is 7.18. The van der Waals surface area contributed by atoms with E-state index in [1.54, 1.807) is 0 Å². The maximum Gasteiger partial charge on any atom is 0.334 e. The zero-order chi connectivity index (χ0) is 19.6. The molecule has 1 aliphatic heterocycles. The lowest BCUT2D eigenvalue weighted by atomic mass is 9.86. The Morgan fingerprint density at radius 1 is 0.963 bits per heavy atom. The molecule has 2 saturated carbocycles. The van der Waals surface area contributed by atoms with Crippen LogP contribution in [0.1, 0.15) is 58.3 Å². The van der Waals surface area contributed by atoms with Gasteiger partial charge in [-0.25, -0.2) is 14.5 Å². The lowest BCUT2D eigenvalue weighted by Crippen LogP contribution is -2.50. The van der Waals surface area contributed by atoms with Crippen LogP contribution in [0.15, 0.2) is 0 Å². The molecule has 0 spiro atoms. The molecule has 3 aliphatic rings. The van der Waals surface area contributed by atoms with Crippen LogP contribution < -0.4 is 10.6 Å². The molecule has 2 N–H and O–H groups in total. The van der Waals surface area contributed by atoms with Crippen molar-refractivity contribution in [2.45, 2.75) is 70.4 Å². The molecular formula is C18H26N4O5. The second-order valence-corrected chi connectivity index (χ2v) is 7.68. The molecule has 2 aliphatic carbocycles. The van der Waals surface area contributed by atoms with Gasteiger partial charge in [0.25, 0.3) is 0 Å². The second kappa shape index (κ2) is 8.06. The van der Waals surface area contributed by atoms with Gasteiger partial charge in [0.15, 0.2) is 0 Å². The molecule has 0 radical (unpaired) electrons. The average Bonchev–Trinajstić information content (AvgIpc) is 3.20. The van der Waals surface area contributed by atoms with Crippen LogP contribution in [0.5, 0.6) is 0 Å². The minimum Gasteiger partial charge on any atom is -0.335 e. The van der Waals surface area contributed by atoms with E-state index in [1.165, 1.54) is 0 Å². The van der Waals surface area contributed by atoms with Gasteiger partial charge in [-0.3, -0.25) is 24.6 Å². The summed E-state index contributed by atoms with van der Waals surface area (Å²) in [6.45, 7) is 1.41. The molecule has 9 heteroatoms. The summed E-state index contributed by atoms with van der Waals surface area (Å²) in [5.41, 5.74) is 0. The highest BCUT2D eigenvalue weighted by molar-refractivity contribution is 6.45. The quantitative estimate of drug-likeness (QED) is 0.562. The number of imide groups is 3. The Kier molecular flexibility index (Phi) is 5.76. The van der Waals surface area contributed by atoms with Gasteiger partial charge in [-0.05, 0) is 31.6 Å². The lowest BCUT2D eigenvalue weighted by molar-refractivity contribution is -0.144. The Morgan fingerprint density at radius 2 is 1.59 bits per heavy atom. The van der Waals surface area contributed by atoms with Gasteiger partial charge in [-0.2, -0.15) is 0 Å². The smallest absolute Gasteiger partial charge is 0.334 e. The fraction of sp³-hybridized carbons (Fsp3) is 0.722. The highest BCUT2D eigenvalue weighted by atomic mass is 16.2. The number of hydrogen-bond donors (Lipinski definition) is 2. The van der Waals surface area contributed by atoms with Crippen LogP contribution in [0.25, 0.3) is 0 Å². The molecule has 0 bridgehead atoms. The van der Waals surface area contributed by atoms with E-state index in [-0.39, 0.29) is 12.1 Å². The van der Waals surface area contributed by atoms with Crippen molar-refractivity contribution in [3.05, 3.63) is 0 Å². The monoisotopic (exact) mass is 378 g/mol. The van der Waals surface area contributed by atoms with Gasteiger partial charge < -0.3 is 5.32 Å². The molecule has 0 aromatic carbocycles. The third-order valence-electron chi connectivity index (χ3n) is 5.76. The third-order valence-corrected chi connectivity index (χ3v) is 5.76. The van der Waals surface area contributed by atoms with Gasteiger partial charge in [-0.15, -0.1) is 0 Å². The molecule has 0 unspecified atom stereocenters. The van der Waals surface area contributed by atoms with Crippen molar-refractivity contribution in [1.29, 1.82) is 0 Å². The van der Waals surface area contributed by atoms with E-state index in [4.69, 9.17) is 0 Å². The van der Waals surface area contributed by atoms with Crippen molar-refractivity contribution in [1.82, 2.24) is 20.4 Å². The molecule has 2 atom stereocenters. The summed E-state index contributed by atoms with van der Waals surface area (Å²) < 4.78 is 0. The van der Waals surface area contributed by atoms with E-state index >= 15 is 0 Å². The first-order valence-corrected chi connectivity index (χ1v) is 9.68. The van der Waals surface area contributed by atoms with Crippen molar-refractivity contribution in [2.75, 3.05) is 6.54 Å². The maximum atomic E-state index is 12.4. The summed E-state index contributed by atoms with van der Waals surface area (Å²) >= 11 is 0. The van der Waals surface area contributed by atoms with E-state index < -0.39 is 36.3 Å². The minimum absolute atomic E-state index is 0.000960. The third kappa shape index (κ3) is 4.12. The Hall–Kier alpha value is -2.45. The Balaban J connectivity index is 1.53. The maximum absolute atomic E-state index is 12.4. The van der Waals surface area contributed by atoms with Gasteiger partial charge in [0.2, 0.25) is 5.91 Å². The van der Waals surface area contributed by atoms with Crippen LogP contribution in [0.3, 0.4) is 0 Å². The lowest BCUT2D eigenvalue weighted by Gasteiger charge is -2.29.